The molecule has 2 aliphatic rings. The predicted octanol–water partition coefficient (Wildman–Crippen LogP) is 3.34. The van der Waals surface area contributed by atoms with Gasteiger partial charge >= 0.3 is 0 Å². The van der Waals surface area contributed by atoms with Crippen molar-refractivity contribution >= 4 is 16.9 Å². The van der Waals surface area contributed by atoms with Crippen molar-refractivity contribution in [3.63, 3.8) is 0 Å². The lowest BCUT2D eigenvalue weighted by atomic mass is 9.92. The molecule has 2 saturated heterocycles. The number of hydrogen-bond donors (Lipinski definition) is 1. The Hall–Kier alpha value is -1.92. The molecule has 0 aliphatic carbocycles. The largest absolute Gasteiger partial charge is 0.376 e. The number of nitrogens with one attached hydrogen (secondary N) is 1. The van der Waals surface area contributed by atoms with Crippen LogP contribution in [0, 0.1) is 5.92 Å². The number of ether oxygens (including phenoxy) is 1. The van der Waals surface area contributed by atoms with E-state index in [9.17, 15) is 4.79 Å². The summed E-state index contributed by atoms with van der Waals surface area (Å²) in [7, 11) is 0. The molecule has 6 heteroatoms. The molecule has 0 spiro atoms. The van der Waals surface area contributed by atoms with Crippen molar-refractivity contribution in [2.24, 2.45) is 5.92 Å². The summed E-state index contributed by atoms with van der Waals surface area (Å²) in [5.74, 6) is 2.00. The van der Waals surface area contributed by atoms with Gasteiger partial charge < -0.3 is 14.6 Å². The number of nitrogens with zero attached hydrogens (tertiary/aromatic N) is 3. The zero-order valence-electron chi connectivity index (χ0n) is 17.6. The molecule has 1 aromatic carbocycles. The summed E-state index contributed by atoms with van der Waals surface area (Å²) in [6.45, 7) is 7.76. The molecule has 2 aliphatic heterocycles. The van der Waals surface area contributed by atoms with Gasteiger partial charge in [0, 0.05) is 26.1 Å². The molecule has 2 fully saturated rings. The second-order valence-corrected chi connectivity index (χ2v) is 8.46. The Bertz CT molecular complexity index is 804. The number of imidazole rings is 1. The van der Waals surface area contributed by atoms with Crippen LogP contribution < -0.4 is 5.32 Å². The van der Waals surface area contributed by atoms with E-state index in [0.29, 0.717) is 18.9 Å². The number of aryl methyl sites for hydroxylation is 1. The zero-order chi connectivity index (χ0) is 20.1. The Morgan fingerprint density at radius 1 is 1.24 bits per heavy atom. The van der Waals surface area contributed by atoms with Crippen LogP contribution in [0.2, 0.25) is 0 Å². The third kappa shape index (κ3) is 5.17. The molecular formula is C23H34N4O2. The van der Waals surface area contributed by atoms with Crippen molar-refractivity contribution in [3.8, 4) is 0 Å². The maximum absolute atomic E-state index is 12.1. The monoisotopic (exact) mass is 398 g/mol. The van der Waals surface area contributed by atoms with Gasteiger partial charge in [-0.2, -0.15) is 0 Å². The summed E-state index contributed by atoms with van der Waals surface area (Å²) in [5.41, 5.74) is 2.32. The normalized spacial score (nSPS) is 21.1. The van der Waals surface area contributed by atoms with Gasteiger partial charge in [0.2, 0.25) is 5.91 Å². The Labute approximate surface area is 173 Å². The van der Waals surface area contributed by atoms with Crippen LogP contribution in [0.5, 0.6) is 0 Å². The molecule has 1 aromatic heterocycles. The molecule has 0 saturated carbocycles. The van der Waals surface area contributed by atoms with Crippen molar-refractivity contribution in [2.75, 3.05) is 26.2 Å². The summed E-state index contributed by atoms with van der Waals surface area (Å²) in [4.78, 5) is 19.5. The van der Waals surface area contributed by atoms with Gasteiger partial charge in [-0.1, -0.05) is 12.1 Å². The number of hydrogen-bond acceptors (Lipinski definition) is 4. The van der Waals surface area contributed by atoms with E-state index in [0.717, 1.165) is 57.6 Å². The number of aromatic nitrogens is 2. The van der Waals surface area contributed by atoms with E-state index in [1.807, 2.05) is 0 Å². The highest BCUT2D eigenvalue weighted by Gasteiger charge is 2.22. The van der Waals surface area contributed by atoms with Gasteiger partial charge in [0.25, 0.3) is 0 Å². The molecule has 6 nitrogen and oxygen atoms in total. The quantitative estimate of drug-likeness (QED) is 0.741. The number of benzene rings is 1. The Balaban J connectivity index is 1.20. The third-order valence-corrected chi connectivity index (χ3v) is 6.45. The first-order valence-corrected chi connectivity index (χ1v) is 11.3. The van der Waals surface area contributed by atoms with E-state index in [4.69, 9.17) is 9.72 Å². The third-order valence-electron chi connectivity index (χ3n) is 6.45. The minimum atomic E-state index is 0.180. The van der Waals surface area contributed by atoms with Gasteiger partial charge in [-0.3, -0.25) is 9.69 Å². The lowest BCUT2D eigenvalue weighted by Gasteiger charge is -2.31. The van der Waals surface area contributed by atoms with E-state index in [1.54, 1.807) is 0 Å². The van der Waals surface area contributed by atoms with Crippen LogP contribution in [0.3, 0.4) is 0 Å². The summed E-state index contributed by atoms with van der Waals surface area (Å²) in [6, 6.07) is 8.40. The molecule has 2 aromatic rings. The number of fused-ring (bicyclic) bond motifs is 1. The summed E-state index contributed by atoms with van der Waals surface area (Å²) in [5, 5.41) is 3.05. The predicted molar refractivity (Wildman–Crippen MR) is 115 cm³/mol. The van der Waals surface area contributed by atoms with Crippen molar-refractivity contribution in [3.05, 3.63) is 30.1 Å². The van der Waals surface area contributed by atoms with E-state index >= 15 is 0 Å². The fourth-order valence-corrected chi connectivity index (χ4v) is 4.69. The average molecular weight is 399 g/mol. The zero-order valence-corrected chi connectivity index (χ0v) is 17.6. The first kappa shape index (κ1) is 20.4. The number of piperidine rings is 1. The minimum absolute atomic E-state index is 0.180. The second-order valence-electron chi connectivity index (χ2n) is 8.46. The summed E-state index contributed by atoms with van der Waals surface area (Å²) in [6.07, 6.45) is 6.41. The second kappa shape index (κ2) is 9.72. The number of carbonyl (C=O) groups excluding carboxylic acids is 1. The minimum Gasteiger partial charge on any atom is -0.376 e. The van der Waals surface area contributed by atoms with Crippen molar-refractivity contribution in [1.29, 1.82) is 0 Å². The van der Waals surface area contributed by atoms with E-state index in [2.05, 4.69) is 46.0 Å². The van der Waals surface area contributed by atoms with Crippen LogP contribution in [0.25, 0.3) is 11.0 Å². The molecule has 0 unspecified atom stereocenters. The maximum Gasteiger partial charge on any atom is 0.220 e. The molecule has 0 bridgehead atoms. The van der Waals surface area contributed by atoms with Crippen LogP contribution in [-0.4, -0.2) is 52.7 Å². The van der Waals surface area contributed by atoms with Gasteiger partial charge in [0.15, 0.2) is 0 Å². The van der Waals surface area contributed by atoms with Gasteiger partial charge in [0.05, 0.1) is 23.7 Å². The Morgan fingerprint density at radius 3 is 2.83 bits per heavy atom. The molecule has 29 heavy (non-hydrogen) atoms. The molecule has 1 amide bonds. The fraction of sp³-hybridized carbons (Fsp3) is 0.652. The lowest BCUT2D eigenvalue weighted by molar-refractivity contribution is -0.122. The molecule has 4 rings (SSSR count). The number of likely N-dealkylation sites (tertiary alicyclic amines) is 1. The smallest absolute Gasteiger partial charge is 0.220 e. The van der Waals surface area contributed by atoms with Crippen LogP contribution in [-0.2, 0) is 22.6 Å². The highest BCUT2D eigenvalue weighted by Crippen LogP contribution is 2.24. The van der Waals surface area contributed by atoms with Gasteiger partial charge in [0.1, 0.15) is 5.82 Å². The average Bonchev–Trinajstić information content (AvgIpc) is 3.39. The topological polar surface area (TPSA) is 59.4 Å². The van der Waals surface area contributed by atoms with Crippen LogP contribution in [0.4, 0.5) is 0 Å². The number of rotatable bonds is 8. The van der Waals surface area contributed by atoms with Gasteiger partial charge in [-0.25, -0.2) is 4.98 Å². The summed E-state index contributed by atoms with van der Waals surface area (Å²) < 4.78 is 7.90. The highest BCUT2D eigenvalue weighted by molar-refractivity contribution is 5.76. The number of carbonyl (C=O) groups is 1. The van der Waals surface area contributed by atoms with Crippen molar-refractivity contribution < 1.29 is 9.53 Å². The molecule has 1 atom stereocenters. The molecule has 0 radical (unpaired) electrons. The lowest BCUT2D eigenvalue weighted by Crippen LogP contribution is -2.35. The maximum atomic E-state index is 12.1. The molecular weight excluding hydrogens is 364 g/mol. The Kier molecular flexibility index (Phi) is 6.82. The number of para-hydroxylation sites is 2. The first-order chi connectivity index (χ1) is 14.2. The highest BCUT2D eigenvalue weighted by atomic mass is 16.5. The SMILES string of the molecule is CCn1c(CN2CCC(CCC(=O)NC[C@H]3CCCO3)CC2)nc2ccccc21. The van der Waals surface area contributed by atoms with Crippen LogP contribution >= 0.6 is 0 Å². The van der Waals surface area contributed by atoms with Crippen molar-refractivity contribution in [2.45, 2.75) is 64.6 Å². The summed E-state index contributed by atoms with van der Waals surface area (Å²) >= 11 is 0. The molecule has 158 valence electrons. The van der Waals surface area contributed by atoms with E-state index < -0.39 is 0 Å². The Morgan fingerprint density at radius 2 is 2.07 bits per heavy atom. The van der Waals surface area contributed by atoms with Crippen molar-refractivity contribution in [1.82, 2.24) is 19.8 Å². The number of amides is 1. The van der Waals surface area contributed by atoms with Gasteiger partial charge in [-0.05, 0) is 70.2 Å². The van der Waals surface area contributed by atoms with Crippen LogP contribution in [0.1, 0.15) is 51.3 Å². The van der Waals surface area contributed by atoms with E-state index in [-0.39, 0.29) is 12.0 Å². The molecule has 1 N–H and O–H groups in total. The fourth-order valence-electron chi connectivity index (χ4n) is 4.69. The van der Waals surface area contributed by atoms with Gasteiger partial charge in [-0.15, -0.1) is 0 Å². The molecule has 3 heterocycles. The van der Waals surface area contributed by atoms with E-state index in [1.165, 1.54) is 24.2 Å². The standard InChI is InChI=1S/C23H34N4O2/c1-2-27-21-8-4-3-7-20(21)25-22(27)17-26-13-11-18(12-14-26)9-10-23(28)24-16-19-6-5-15-29-19/h3-4,7-8,18-19H,2,5-6,9-17H2,1H3,(H,24,28)/t19-/m1/s1. The van der Waals surface area contributed by atoms with Crippen LogP contribution in [0.15, 0.2) is 24.3 Å². The first-order valence-electron chi connectivity index (χ1n) is 11.3.